The Balaban J connectivity index is 1.23. The molecule has 2 aliphatic heterocycles. The number of anilines is 9. The van der Waals surface area contributed by atoms with Crippen LogP contribution in [0, 0.1) is 0 Å². The molecule has 73 heavy (non-hydrogen) atoms. The molecule has 0 fully saturated rings. The molecule has 0 radical (unpaired) electrons. The van der Waals surface area contributed by atoms with Crippen LogP contribution in [0.1, 0.15) is 132 Å². The number of hydrogen-bond donors (Lipinski definition) is 0. The summed E-state index contributed by atoms with van der Waals surface area (Å²) in [5.41, 5.74) is 22.3. The van der Waals surface area contributed by atoms with Gasteiger partial charge in [0.15, 0.2) is 0 Å². The maximum Gasteiger partial charge on any atom is 0.252 e. The minimum atomic E-state index is -0.0786. The van der Waals surface area contributed by atoms with Crippen molar-refractivity contribution in [2.45, 2.75) is 131 Å². The Morgan fingerprint density at radius 3 is 1.29 bits per heavy atom. The number of furan rings is 1. The molecule has 5 heteroatoms. The average Bonchev–Trinajstić information content (AvgIpc) is 3.71. The highest BCUT2D eigenvalue weighted by Gasteiger charge is 2.45. The van der Waals surface area contributed by atoms with Gasteiger partial charge in [0.25, 0.3) is 6.71 Å². The molecule has 0 bridgehead atoms. The number of nitrogens with zero attached hydrogens (tertiary/aromatic N) is 3. The standard InChI is InChI=1S/C68H72BN3O/c1-64(2,3)43-23-31-48(32-24-43)70(49-33-25-44(26-34-49)65(4,5)6)51-41-59(62-52-19-16-17-22-60(52)73-61(62)42-51)72-56-38-30-47(68(13,14)15)40-54(56)69-53-39-46(67(10,11)12)29-37-55(53)71(57-20-18-21-58(72)63(57)69)50-35-27-45(28-36-50)66(7,8)9/h16-42H,1-15H3. The van der Waals surface area contributed by atoms with Gasteiger partial charge in [-0.1, -0.05) is 189 Å². The quantitative estimate of drug-likeness (QED) is 0.160. The van der Waals surface area contributed by atoms with E-state index in [1.54, 1.807) is 0 Å². The van der Waals surface area contributed by atoms with Crippen LogP contribution in [0.4, 0.5) is 51.2 Å². The minimum Gasteiger partial charge on any atom is -0.456 e. The number of hydrogen-bond acceptors (Lipinski definition) is 4. The lowest BCUT2D eigenvalue weighted by atomic mass is 9.33. The predicted molar refractivity (Wildman–Crippen MR) is 316 cm³/mol. The summed E-state index contributed by atoms with van der Waals surface area (Å²) in [4.78, 5) is 7.52. The summed E-state index contributed by atoms with van der Waals surface area (Å²) in [5.74, 6) is 0. The summed E-state index contributed by atoms with van der Waals surface area (Å²) < 4.78 is 7.03. The number of fused-ring (bicyclic) bond motifs is 7. The van der Waals surface area contributed by atoms with Crippen LogP contribution in [-0.4, -0.2) is 6.71 Å². The van der Waals surface area contributed by atoms with Gasteiger partial charge in [0.05, 0.1) is 16.8 Å². The second kappa shape index (κ2) is 16.8. The summed E-state index contributed by atoms with van der Waals surface area (Å²) in [5, 5.41) is 2.18. The van der Waals surface area contributed by atoms with Gasteiger partial charge in [0.2, 0.25) is 0 Å². The molecule has 4 nitrogen and oxygen atoms in total. The van der Waals surface area contributed by atoms with E-state index in [0.717, 1.165) is 50.4 Å². The number of para-hydroxylation sites is 1. The third kappa shape index (κ3) is 8.34. The van der Waals surface area contributed by atoms with E-state index >= 15 is 0 Å². The van der Waals surface area contributed by atoms with Gasteiger partial charge in [-0.2, -0.15) is 0 Å². The predicted octanol–water partition coefficient (Wildman–Crippen LogP) is 17.6. The van der Waals surface area contributed by atoms with Crippen LogP contribution in [0.25, 0.3) is 21.9 Å². The van der Waals surface area contributed by atoms with E-state index in [1.807, 2.05) is 0 Å². The molecule has 0 N–H and O–H groups in total. The minimum absolute atomic E-state index is 0.0134. The fourth-order valence-corrected chi connectivity index (χ4v) is 11.3. The van der Waals surface area contributed by atoms with Crippen molar-refractivity contribution in [2.24, 2.45) is 0 Å². The van der Waals surface area contributed by atoms with Crippen LogP contribution in [0.2, 0.25) is 0 Å². The molecule has 0 saturated carbocycles. The number of benzene rings is 8. The Hall–Kier alpha value is -6.98. The Morgan fingerprint density at radius 2 is 0.795 bits per heavy atom. The largest absolute Gasteiger partial charge is 0.456 e. The molecule has 0 spiro atoms. The Kier molecular flexibility index (Phi) is 11.1. The van der Waals surface area contributed by atoms with Gasteiger partial charge in [-0.15, -0.1) is 0 Å². The molecular formula is C68H72BN3O. The highest BCUT2D eigenvalue weighted by atomic mass is 16.3. The summed E-state index contributed by atoms with van der Waals surface area (Å²) in [6, 6.07) is 62.4. The zero-order valence-corrected chi connectivity index (χ0v) is 45.9. The first kappa shape index (κ1) is 48.3. The van der Waals surface area contributed by atoms with Gasteiger partial charge in [-0.05, 0) is 144 Å². The topological polar surface area (TPSA) is 22.9 Å². The lowest BCUT2D eigenvalue weighted by Crippen LogP contribution is -2.61. The van der Waals surface area contributed by atoms with Gasteiger partial charge in [-0.3, -0.25) is 0 Å². The van der Waals surface area contributed by atoms with Crippen LogP contribution in [0.15, 0.2) is 168 Å². The lowest BCUT2D eigenvalue weighted by Gasteiger charge is -2.45. The maximum absolute atomic E-state index is 7.03. The second-order valence-electron chi connectivity index (χ2n) is 26.0. The molecule has 0 saturated heterocycles. The van der Waals surface area contributed by atoms with Crippen molar-refractivity contribution >= 4 is 96.2 Å². The molecule has 9 aromatic rings. The molecule has 0 aliphatic carbocycles. The highest BCUT2D eigenvalue weighted by Crippen LogP contribution is 2.51. The van der Waals surface area contributed by atoms with E-state index in [1.165, 1.54) is 67.0 Å². The monoisotopic (exact) mass is 958 g/mol. The van der Waals surface area contributed by atoms with Crippen molar-refractivity contribution in [3.63, 3.8) is 0 Å². The first-order valence-corrected chi connectivity index (χ1v) is 26.5. The van der Waals surface area contributed by atoms with Crippen LogP contribution in [-0.2, 0) is 27.1 Å². The molecular weight excluding hydrogens is 886 g/mol. The SMILES string of the molecule is CC(C)(C)c1ccc(N(c2ccc(C(C)(C)C)cc2)c2cc(N3c4ccc(C(C)(C)C)cc4B4c5cc(C(C)(C)C)ccc5N(c5ccc(C(C)(C)C)cc5)c5cccc3c54)c3c(c2)oc2ccccc23)cc1. The summed E-state index contributed by atoms with van der Waals surface area (Å²) in [6.45, 7) is 34.6. The van der Waals surface area contributed by atoms with E-state index < -0.39 is 0 Å². The van der Waals surface area contributed by atoms with Gasteiger partial charge >= 0.3 is 0 Å². The van der Waals surface area contributed by atoms with E-state index in [0.29, 0.717) is 0 Å². The molecule has 368 valence electrons. The van der Waals surface area contributed by atoms with Gasteiger partial charge in [0.1, 0.15) is 11.2 Å². The fourth-order valence-electron chi connectivity index (χ4n) is 11.3. The van der Waals surface area contributed by atoms with E-state index in [2.05, 4.69) is 282 Å². The molecule has 1 aromatic heterocycles. The Labute approximate surface area is 435 Å². The molecule has 0 amide bonds. The third-order valence-corrected chi connectivity index (χ3v) is 15.6. The molecule has 8 aromatic carbocycles. The Morgan fingerprint density at radius 1 is 0.356 bits per heavy atom. The smallest absolute Gasteiger partial charge is 0.252 e. The zero-order valence-electron chi connectivity index (χ0n) is 45.9. The van der Waals surface area contributed by atoms with Crippen LogP contribution >= 0.6 is 0 Å². The van der Waals surface area contributed by atoms with Crippen molar-refractivity contribution in [2.75, 3.05) is 14.7 Å². The summed E-state index contributed by atoms with van der Waals surface area (Å²) >= 11 is 0. The van der Waals surface area contributed by atoms with Crippen LogP contribution in [0.3, 0.4) is 0 Å². The van der Waals surface area contributed by atoms with E-state index in [4.69, 9.17) is 4.42 Å². The van der Waals surface area contributed by atoms with Crippen molar-refractivity contribution in [1.82, 2.24) is 0 Å². The summed E-state index contributed by atoms with van der Waals surface area (Å²) in [6.07, 6.45) is 0. The normalized spacial score (nSPS) is 13.9. The second-order valence-corrected chi connectivity index (χ2v) is 26.0. The molecule has 3 heterocycles. The fraction of sp³-hybridized carbons (Fsp3) is 0.294. The Bertz CT molecular complexity index is 3530. The first-order chi connectivity index (χ1) is 34.4. The molecule has 0 unspecified atom stereocenters. The maximum atomic E-state index is 7.03. The van der Waals surface area contributed by atoms with Crippen LogP contribution in [0.5, 0.6) is 0 Å². The van der Waals surface area contributed by atoms with E-state index in [-0.39, 0.29) is 33.8 Å². The van der Waals surface area contributed by atoms with Crippen molar-refractivity contribution in [3.8, 4) is 0 Å². The van der Waals surface area contributed by atoms with Crippen LogP contribution < -0.4 is 31.1 Å². The van der Waals surface area contributed by atoms with Gasteiger partial charge in [-0.25, -0.2) is 0 Å². The lowest BCUT2D eigenvalue weighted by molar-refractivity contribution is 0.590. The molecule has 11 rings (SSSR count). The summed E-state index contributed by atoms with van der Waals surface area (Å²) in [7, 11) is 0. The zero-order chi connectivity index (χ0) is 51.7. The molecule has 0 atom stereocenters. The number of rotatable bonds is 5. The van der Waals surface area contributed by atoms with Gasteiger partial charge < -0.3 is 19.1 Å². The van der Waals surface area contributed by atoms with Crippen molar-refractivity contribution in [1.29, 1.82) is 0 Å². The van der Waals surface area contributed by atoms with E-state index in [9.17, 15) is 0 Å². The first-order valence-electron chi connectivity index (χ1n) is 26.5. The van der Waals surface area contributed by atoms with Crippen molar-refractivity contribution < 1.29 is 4.42 Å². The average molecular weight is 958 g/mol. The van der Waals surface area contributed by atoms with Crippen molar-refractivity contribution in [3.05, 3.63) is 192 Å². The molecule has 2 aliphatic rings. The highest BCUT2D eigenvalue weighted by molar-refractivity contribution is 7.00. The van der Waals surface area contributed by atoms with Gasteiger partial charge in [0, 0.05) is 51.3 Å². The third-order valence-electron chi connectivity index (χ3n) is 15.6.